The van der Waals surface area contributed by atoms with Gasteiger partial charge in [0.2, 0.25) is 0 Å². The van der Waals surface area contributed by atoms with Crippen molar-refractivity contribution in [1.29, 1.82) is 0 Å². The Labute approximate surface area is 125 Å². The normalized spacial score (nSPS) is 21.9. The van der Waals surface area contributed by atoms with E-state index in [1.165, 1.54) is 44.6 Å². The molecule has 3 rings (SSSR count). The number of halogens is 1. The molecule has 0 aromatic heterocycles. The first kappa shape index (κ1) is 15.0. The summed E-state index contributed by atoms with van der Waals surface area (Å²) in [6.45, 7) is 2.71. The van der Waals surface area contributed by atoms with E-state index in [9.17, 15) is 4.39 Å². The number of rotatable bonds is 3. The van der Waals surface area contributed by atoms with Crippen molar-refractivity contribution in [3.05, 3.63) is 29.6 Å². The van der Waals surface area contributed by atoms with Crippen molar-refractivity contribution >= 4 is 12.6 Å². The van der Waals surface area contributed by atoms with Crippen LogP contribution in [0.25, 0.3) is 0 Å². The van der Waals surface area contributed by atoms with Crippen LogP contribution in [0.2, 0.25) is 0 Å². The Hall–Kier alpha value is -0.905. The largest absolute Gasteiger partial charge is 0.488 e. The number of benzene rings is 1. The van der Waals surface area contributed by atoms with Crippen LogP contribution in [0, 0.1) is 11.2 Å². The lowest BCUT2D eigenvalue weighted by Gasteiger charge is -2.39. The summed E-state index contributed by atoms with van der Waals surface area (Å²) in [4.78, 5) is 2.32. The van der Waals surface area contributed by atoms with Gasteiger partial charge in [0.1, 0.15) is 5.82 Å². The van der Waals surface area contributed by atoms with Crippen LogP contribution in [0.4, 0.5) is 4.39 Å². The molecule has 0 amide bonds. The molecule has 0 bridgehead atoms. The number of hydrogen-bond acceptors (Lipinski definition) is 3. The molecule has 21 heavy (non-hydrogen) atoms. The van der Waals surface area contributed by atoms with Gasteiger partial charge in [-0.25, -0.2) is 4.39 Å². The highest BCUT2D eigenvalue weighted by Crippen LogP contribution is 2.46. The van der Waals surface area contributed by atoms with Gasteiger partial charge in [-0.05, 0) is 55.7 Å². The van der Waals surface area contributed by atoms with E-state index in [1.54, 1.807) is 12.1 Å². The molecule has 0 radical (unpaired) electrons. The minimum Gasteiger partial charge on any atom is -0.423 e. The van der Waals surface area contributed by atoms with Crippen molar-refractivity contribution in [2.45, 2.75) is 45.1 Å². The van der Waals surface area contributed by atoms with E-state index in [4.69, 9.17) is 10.0 Å². The van der Waals surface area contributed by atoms with E-state index in [0.717, 1.165) is 13.1 Å². The van der Waals surface area contributed by atoms with Crippen LogP contribution in [-0.4, -0.2) is 35.2 Å². The summed E-state index contributed by atoms with van der Waals surface area (Å²) in [5.41, 5.74) is 1.43. The molecule has 1 saturated heterocycles. The highest BCUT2D eigenvalue weighted by molar-refractivity contribution is 6.58. The summed E-state index contributed by atoms with van der Waals surface area (Å²) < 4.78 is 14.0. The van der Waals surface area contributed by atoms with Crippen molar-refractivity contribution in [2.75, 3.05) is 13.1 Å². The smallest absolute Gasteiger partial charge is 0.423 e. The third-order valence-electron chi connectivity index (χ3n) is 5.35. The summed E-state index contributed by atoms with van der Waals surface area (Å²) >= 11 is 0. The molecule has 1 aromatic carbocycles. The second-order valence-electron chi connectivity index (χ2n) is 6.71. The lowest BCUT2D eigenvalue weighted by Crippen LogP contribution is -2.38. The SMILES string of the molecule is OB(O)c1ccc(CN2CCC3(CCCC3)CC2)c(F)c1. The average molecular weight is 291 g/mol. The molecule has 1 aromatic rings. The van der Waals surface area contributed by atoms with Crippen molar-refractivity contribution in [3.63, 3.8) is 0 Å². The summed E-state index contributed by atoms with van der Waals surface area (Å²) in [7, 11) is -1.61. The first-order valence-corrected chi connectivity index (χ1v) is 7.95. The maximum atomic E-state index is 14.0. The molecule has 1 aliphatic carbocycles. The molecule has 1 heterocycles. The third kappa shape index (κ3) is 3.30. The number of likely N-dealkylation sites (tertiary alicyclic amines) is 1. The quantitative estimate of drug-likeness (QED) is 0.833. The minimum absolute atomic E-state index is 0.208. The van der Waals surface area contributed by atoms with Gasteiger partial charge in [-0.2, -0.15) is 0 Å². The molecular weight excluding hydrogens is 268 g/mol. The topological polar surface area (TPSA) is 43.7 Å². The molecule has 1 aliphatic heterocycles. The number of nitrogens with zero attached hydrogens (tertiary/aromatic N) is 1. The number of piperidine rings is 1. The van der Waals surface area contributed by atoms with E-state index in [1.807, 2.05) is 0 Å². The van der Waals surface area contributed by atoms with Crippen LogP contribution < -0.4 is 5.46 Å². The molecular formula is C16H23BFNO2. The lowest BCUT2D eigenvalue weighted by molar-refractivity contribution is 0.103. The Kier molecular flexibility index (Phi) is 4.34. The Morgan fingerprint density at radius 2 is 1.76 bits per heavy atom. The van der Waals surface area contributed by atoms with E-state index in [2.05, 4.69) is 4.90 Å². The van der Waals surface area contributed by atoms with Gasteiger partial charge in [0, 0.05) is 12.1 Å². The van der Waals surface area contributed by atoms with Gasteiger partial charge in [0.15, 0.2) is 0 Å². The highest BCUT2D eigenvalue weighted by atomic mass is 19.1. The molecule has 0 unspecified atom stereocenters. The molecule has 2 aliphatic rings. The molecule has 1 spiro atoms. The fourth-order valence-electron chi connectivity index (χ4n) is 3.90. The summed E-state index contributed by atoms with van der Waals surface area (Å²) in [5, 5.41) is 18.1. The zero-order chi connectivity index (χ0) is 14.9. The van der Waals surface area contributed by atoms with Gasteiger partial charge < -0.3 is 10.0 Å². The van der Waals surface area contributed by atoms with E-state index >= 15 is 0 Å². The molecule has 2 N–H and O–H groups in total. The maximum absolute atomic E-state index is 14.0. The van der Waals surface area contributed by atoms with Crippen LogP contribution >= 0.6 is 0 Å². The Bertz CT molecular complexity index is 493. The molecule has 3 nitrogen and oxygen atoms in total. The summed E-state index contributed by atoms with van der Waals surface area (Å²) in [6.07, 6.45) is 7.97. The maximum Gasteiger partial charge on any atom is 0.488 e. The van der Waals surface area contributed by atoms with Gasteiger partial charge in [0.05, 0.1) is 0 Å². The van der Waals surface area contributed by atoms with Crippen molar-refractivity contribution in [2.24, 2.45) is 5.41 Å². The van der Waals surface area contributed by atoms with Gasteiger partial charge in [-0.1, -0.05) is 25.0 Å². The first-order valence-electron chi connectivity index (χ1n) is 7.95. The van der Waals surface area contributed by atoms with Gasteiger partial charge in [-0.15, -0.1) is 0 Å². The zero-order valence-corrected chi connectivity index (χ0v) is 12.4. The van der Waals surface area contributed by atoms with Crippen molar-refractivity contribution in [1.82, 2.24) is 4.90 Å². The van der Waals surface area contributed by atoms with Crippen LogP contribution in [0.5, 0.6) is 0 Å². The molecule has 5 heteroatoms. The monoisotopic (exact) mass is 291 g/mol. The van der Waals surface area contributed by atoms with Crippen LogP contribution in [-0.2, 0) is 6.54 Å². The van der Waals surface area contributed by atoms with Crippen LogP contribution in [0.1, 0.15) is 44.1 Å². The molecule has 2 fully saturated rings. The van der Waals surface area contributed by atoms with E-state index in [0.29, 0.717) is 17.5 Å². The Balaban J connectivity index is 1.60. The Morgan fingerprint density at radius 3 is 2.33 bits per heavy atom. The second kappa shape index (κ2) is 6.07. The third-order valence-corrected chi connectivity index (χ3v) is 5.35. The standard InChI is InChI=1S/C16H23BFNO2/c18-15-11-14(17(20)21)4-3-13(15)12-19-9-7-16(8-10-19)5-1-2-6-16/h3-4,11,20-21H,1-2,5-10,12H2. The minimum atomic E-state index is -1.61. The summed E-state index contributed by atoms with van der Waals surface area (Å²) in [5.74, 6) is -0.346. The van der Waals surface area contributed by atoms with Crippen LogP contribution in [0.15, 0.2) is 18.2 Å². The van der Waals surface area contributed by atoms with Gasteiger partial charge >= 0.3 is 7.12 Å². The van der Waals surface area contributed by atoms with Crippen molar-refractivity contribution in [3.8, 4) is 0 Å². The predicted molar refractivity (Wildman–Crippen MR) is 81.6 cm³/mol. The van der Waals surface area contributed by atoms with Gasteiger partial charge in [-0.3, -0.25) is 4.90 Å². The second-order valence-corrected chi connectivity index (χ2v) is 6.71. The fraction of sp³-hybridized carbons (Fsp3) is 0.625. The van der Waals surface area contributed by atoms with E-state index in [-0.39, 0.29) is 11.3 Å². The predicted octanol–water partition coefficient (Wildman–Crippen LogP) is 1.66. The fourth-order valence-corrected chi connectivity index (χ4v) is 3.90. The molecule has 114 valence electrons. The van der Waals surface area contributed by atoms with E-state index < -0.39 is 7.12 Å². The molecule has 0 atom stereocenters. The Morgan fingerprint density at radius 1 is 1.10 bits per heavy atom. The average Bonchev–Trinajstić information content (AvgIpc) is 2.92. The van der Waals surface area contributed by atoms with Gasteiger partial charge in [0.25, 0.3) is 0 Å². The number of hydrogen-bond donors (Lipinski definition) is 2. The zero-order valence-electron chi connectivity index (χ0n) is 12.4. The highest BCUT2D eigenvalue weighted by Gasteiger charge is 2.36. The summed E-state index contributed by atoms with van der Waals surface area (Å²) in [6, 6.07) is 4.48. The van der Waals surface area contributed by atoms with Crippen LogP contribution in [0.3, 0.4) is 0 Å². The molecule has 1 saturated carbocycles. The first-order chi connectivity index (χ1) is 10.1. The lowest BCUT2D eigenvalue weighted by atomic mass is 9.77. The van der Waals surface area contributed by atoms with Crippen molar-refractivity contribution < 1.29 is 14.4 Å².